The molecule has 0 radical (unpaired) electrons. The molecule has 0 aliphatic carbocycles. The first-order valence-electron chi connectivity index (χ1n) is 9.88. The fraction of sp³-hybridized carbons (Fsp3) is 0.600. The number of nitrogens with one attached hydrogen (secondary N) is 1. The molecule has 2 fully saturated rings. The monoisotopic (exact) mass is 390 g/mol. The van der Waals surface area contributed by atoms with Gasteiger partial charge in [-0.25, -0.2) is 4.79 Å². The van der Waals surface area contributed by atoms with Gasteiger partial charge in [0.2, 0.25) is 0 Å². The lowest BCUT2D eigenvalue weighted by Gasteiger charge is -2.38. The number of benzene rings is 1. The van der Waals surface area contributed by atoms with Crippen LogP contribution in [0.4, 0.5) is 10.5 Å². The smallest absolute Gasteiger partial charge is 0.317 e. The Kier molecular flexibility index (Phi) is 7.11. The standard InChI is InChI=1S/C20H30N4O4/c1-22(15-19(25)26)13-18-14-24(10-11-28-18)20(27)21-16-6-5-9-23(12-16)17-7-3-2-4-8-17/h2-4,7-8,16,18H,5-6,9-15H2,1H3,(H,21,27)(H,25,26). The van der Waals surface area contributed by atoms with Crippen molar-refractivity contribution in [1.82, 2.24) is 15.1 Å². The minimum absolute atomic E-state index is 0.0382. The molecule has 1 aromatic carbocycles. The Bertz CT molecular complexity index is 657. The highest BCUT2D eigenvalue weighted by Crippen LogP contribution is 2.19. The fourth-order valence-corrected chi connectivity index (χ4v) is 3.89. The molecule has 2 atom stereocenters. The first kappa shape index (κ1) is 20.4. The number of carbonyl (C=O) groups is 2. The number of carbonyl (C=O) groups excluding carboxylic acids is 1. The number of rotatable bonds is 6. The van der Waals surface area contributed by atoms with Crippen LogP contribution >= 0.6 is 0 Å². The maximum Gasteiger partial charge on any atom is 0.317 e. The van der Waals surface area contributed by atoms with Gasteiger partial charge in [-0.05, 0) is 32.0 Å². The summed E-state index contributed by atoms with van der Waals surface area (Å²) in [6, 6.07) is 10.3. The summed E-state index contributed by atoms with van der Waals surface area (Å²) >= 11 is 0. The number of carboxylic acids is 1. The average Bonchev–Trinajstić information content (AvgIpc) is 2.68. The summed E-state index contributed by atoms with van der Waals surface area (Å²) in [5.41, 5.74) is 1.19. The van der Waals surface area contributed by atoms with Crippen LogP contribution in [-0.2, 0) is 9.53 Å². The lowest BCUT2D eigenvalue weighted by Crippen LogP contribution is -2.56. The van der Waals surface area contributed by atoms with Crippen molar-refractivity contribution in [3.8, 4) is 0 Å². The Morgan fingerprint density at radius 3 is 2.79 bits per heavy atom. The van der Waals surface area contributed by atoms with Crippen molar-refractivity contribution in [2.45, 2.75) is 25.0 Å². The molecular weight excluding hydrogens is 360 g/mol. The van der Waals surface area contributed by atoms with Crippen LogP contribution in [0.2, 0.25) is 0 Å². The minimum Gasteiger partial charge on any atom is -0.480 e. The highest BCUT2D eigenvalue weighted by atomic mass is 16.5. The molecule has 2 aliphatic rings. The van der Waals surface area contributed by atoms with E-state index in [0.29, 0.717) is 26.2 Å². The van der Waals surface area contributed by atoms with E-state index in [4.69, 9.17) is 9.84 Å². The second-order valence-corrected chi connectivity index (χ2v) is 7.60. The molecule has 3 rings (SSSR count). The van der Waals surface area contributed by atoms with Gasteiger partial charge >= 0.3 is 12.0 Å². The van der Waals surface area contributed by atoms with E-state index in [1.807, 2.05) is 18.2 Å². The molecular formula is C20H30N4O4. The van der Waals surface area contributed by atoms with Gasteiger partial charge in [0, 0.05) is 44.5 Å². The van der Waals surface area contributed by atoms with E-state index in [1.54, 1.807) is 16.8 Å². The highest BCUT2D eigenvalue weighted by molar-refractivity contribution is 5.75. The van der Waals surface area contributed by atoms with Crippen LogP contribution in [0.15, 0.2) is 30.3 Å². The second kappa shape index (κ2) is 9.75. The van der Waals surface area contributed by atoms with Crippen molar-refractivity contribution in [3.63, 3.8) is 0 Å². The average molecular weight is 390 g/mol. The predicted molar refractivity (Wildman–Crippen MR) is 107 cm³/mol. The number of piperidine rings is 1. The normalized spacial score (nSPS) is 22.9. The van der Waals surface area contributed by atoms with Gasteiger partial charge in [-0.15, -0.1) is 0 Å². The molecule has 2 heterocycles. The Balaban J connectivity index is 1.49. The Morgan fingerprint density at radius 1 is 1.25 bits per heavy atom. The summed E-state index contributed by atoms with van der Waals surface area (Å²) in [4.78, 5) is 29.4. The summed E-state index contributed by atoms with van der Waals surface area (Å²) in [7, 11) is 1.75. The van der Waals surface area contributed by atoms with E-state index in [9.17, 15) is 9.59 Å². The van der Waals surface area contributed by atoms with Gasteiger partial charge in [0.25, 0.3) is 0 Å². The van der Waals surface area contributed by atoms with Gasteiger partial charge in [0.05, 0.1) is 19.3 Å². The Hall–Kier alpha value is -2.32. The van der Waals surface area contributed by atoms with Gasteiger partial charge in [-0.3, -0.25) is 9.69 Å². The summed E-state index contributed by atoms with van der Waals surface area (Å²) in [6.07, 6.45) is 1.85. The fourth-order valence-electron chi connectivity index (χ4n) is 3.89. The van der Waals surface area contributed by atoms with Crippen molar-refractivity contribution in [3.05, 3.63) is 30.3 Å². The topological polar surface area (TPSA) is 85.4 Å². The molecule has 0 spiro atoms. The van der Waals surface area contributed by atoms with E-state index in [1.165, 1.54) is 5.69 Å². The van der Waals surface area contributed by atoms with Crippen molar-refractivity contribution >= 4 is 17.7 Å². The van der Waals surface area contributed by atoms with E-state index in [0.717, 1.165) is 25.9 Å². The van der Waals surface area contributed by atoms with E-state index in [2.05, 4.69) is 22.3 Å². The number of morpholine rings is 1. The molecule has 8 nitrogen and oxygen atoms in total. The zero-order chi connectivity index (χ0) is 19.9. The van der Waals surface area contributed by atoms with Crippen LogP contribution in [0.1, 0.15) is 12.8 Å². The van der Waals surface area contributed by atoms with Crippen molar-refractivity contribution in [2.24, 2.45) is 0 Å². The first-order chi connectivity index (χ1) is 13.5. The van der Waals surface area contributed by atoms with Crippen LogP contribution in [-0.4, -0.2) is 92.0 Å². The summed E-state index contributed by atoms with van der Waals surface area (Å²) < 4.78 is 5.71. The number of carboxylic acid groups (broad SMARTS) is 1. The summed E-state index contributed by atoms with van der Waals surface area (Å²) in [6.45, 7) is 3.77. The molecule has 2 saturated heterocycles. The number of hydrogen-bond acceptors (Lipinski definition) is 5. The number of hydrogen-bond donors (Lipinski definition) is 2. The maximum atomic E-state index is 12.8. The minimum atomic E-state index is -0.867. The third kappa shape index (κ3) is 5.84. The zero-order valence-corrected chi connectivity index (χ0v) is 16.4. The number of ether oxygens (including phenoxy) is 1. The number of nitrogens with zero attached hydrogens (tertiary/aromatic N) is 3. The number of likely N-dealkylation sites (N-methyl/N-ethyl adjacent to an activating group) is 1. The van der Waals surface area contributed by atoms with E-state index >= 15 is 0 Å². The highest BCUT2D eigenvalue weighted by Gasteiger charge is 2.28. The first-order valence-corrected chi connectivity index (χ1v) is 9.88. The molecule has 0 aromatic heterocycles. The lowest BCUT2D eigenvalue weighted by molar-refractivity contribution is -0.138. The third-order valence-corrected chi connectivity index (χ3v) is 5.22. The largest absolute Gasteiger partial charge is 0.480 e. The number of aliphatic carboxylic acids is 1. The van der Waals surface area contributed by atoms with Gasteiger partial charge in [0.15, 0.2) is 0 Å². The number of para-hydroxylation sites is 1. The SMILES string of the molecule is CN(CC(=O)O)CC1CN(C(=O)NC2CCCN(c3ccccc3)C2)CCO1. The molecule has 2 aliphatic heterocycles. The second-order valence-electron chi connectivity index (χ2n) is 7.60. The van der Waals surface area contributed by atoms with Crippen LogP contribution in [0.5, 0.6) is 0 Å². The van der Waals surface area contributed by atoms with Crippen molar-refractivity contribution < 1.29 is 19.4 Å². The molecule has 0 bridgehead atoms. The molecule has 2 unspecified atom stereocenters. The lowest BCUT2D eigenvalue weighted by atomic mass is 10.0. The van der Waals surface area contributed by atoms with Crippen LogP contribution in [0.3, 0.4) is 0 Å². The van der Waals surface area contributed by atoms with E-state index in [-0.39, 0.29) is 24.7 Å². The molecule has 0 saturated carbocycles. The molecule has 8 heteroatoms. The van der Waals surface area contributed by atoms with Gasteiger partial charge in [-0.1, -0.05) is 18.2 Å². The third-order valence-electron chi connectivity index (χ3n) is 5.22. The van der Waals surface area contributed by atoms with E-state index < -0.39 is 5.97 Å². The van der Waals surface area contributed by atoms with Crippen LogP contribution < -0.4 is 10.2 Å². The number of amides is 2. The van der Waals surface area contributed by atoms with Crippen molar-refractivity contribution in [1.29, 1.82) is 0 Å². The molecule has 2 N–H and O–H groups in total. The molecule has 28 heavy (non-hydrogen) atoms. The van der Waals surface area contributed by atoms with Crippen LogP contribution in [0, 0.1) is 0 Å². The Labute approximate surface area is 166 Å². The predicted octanol–water partition coefficient (Wildman–Crippen LogP) is 1.08. The quantitative estimate of drug-likeness (QED) is 0.756. The Morgan fingerprint density at radius 2 is 2.04 bits per heavy atom. The van der Waals surface area contributed by atoms with Crippen LogP contribution in [0.25, 0.3) is 0 Å². The number of urea groups is 1. The maximum absolute atomic E-state index is 12.8. The molecule has 154 valence electrons. The summed E-state index contributed by atoms with van der Waals surface area (Å²) in [5, 5.41) is 12.1. The van der Waals surface area contributed by atoms with Crippen molar-refractivity contribution in [2.75, 3.05) is 57.8 Å². The molecule has 1 aromatic rings. The van der Waals surface area contributed by atoms with Gasteiger partial charge in [-0.2, -0.15) is 0 Å². The number of anilines is 1. The van der Waals surface area contributed by atoms with Gasteiger partial charge < -0.3 is 25.0 Å². The zero-order valence-electron chi connectivity index (χ0n) is 16.4. The summed E-state index contributed by atoms with van der Waals surface area (Å²) in [5.74, 6) is -0.867. The molecule has 2 amide bonds. The van der Waals surface area contributed by atoms with Gasteiger partial charge in [0.1, 0.15) is 0 Å².